The number of hydrogen-bond donors (Lipinski definition) is 1. The molecule has 140 valence electrons. The highest BCUT2D eigenvalue weighted by atomic mass is 32.1. The van der Waals surface area contributed by atoms with Gasteiger partial charge in [0.05, 0.1) is 11.1 Å². The maximum Gasteiger partial charge on any atom is 0.248 e. The van der Waals surface area contributed by atoms with E-state index in [0.29, 0.717) is 30.3 Å². The minimum absolute atomic E-state index is 0.0396. The Morgan fingerprint density at radius 2 is 2.22 bits per heavy atom. The topological polar surface area (TPSA) is 58.6 Å². The number of carbonyl (C=O) groups excluding carboxylic acids is 2. The monoisotopic (exact) mass is 382 g/mol. The lowest BCUT2D eigenvalue weighted by molar-refractivity contribution is -0.127. The number of nitrogens with zero attached hydrogens (tertiary/aromatic N) is 1. The van der Waals surface area contributed by atoms with Crippen molar-refractivity contribution in [1.29, 1.82) is 0 Å². The molecule has 0 unspecified atom stereocenters. The Morgan fingerprint density at radius 3 is 2.93 bits per heavy atom. The summed E-state index contributed by atoms with van der Waals surface area (Å²) < 4.78 is 5.85. The third-order valence-electron chi connectivity index (χ3n) is 4.18. The summed E-state index contributed by atoms with van der Waals surface area (Å²) in [5, 5.41) is 4.79. The molecule has 0 radical (unpaired) electrons. The molecule has 0 saturated heterocycles. The van der Waals surface area contributed by atoms with Crippen LogP contribution < -0.4 is 15.0 Å². The molecule has 1 aliphatic heterocycles. The molecule has 27 heavy (non-hydrogen) atoms. The Bertz CT molecular complexity index is 885. The molecule has 0 aliphatic carbocycles. The van der Waals surface area contributed by atoms with Crippen LogP contribution >= 0.6 is 11.3 Å². The molecule has 0 bridgehead atoms. The minimum atomic E-state index is -0.644. The summed E-state index contributed by atoms with van der Waals surface area (Å²) in [5.41, 5.74) is 0.583. The summed E-state index contributed by atoms with van der Waals surface area (Å²) in [4.78, 5) is 27.7. The summed E-state index contributed by atoms with van der Waals surface area (Å²) >= 11 is 1.56. The first-order valence-electron chi connectivity index (χ1n) is 8.63. The van der Waals surface area contributed by atoms with Gasteiger partial charge in [-0.2, -0.15) is 0 Å². The summed E-state index contributed by atoms with van der Waals surface area (Å²) in [6, 6.07) is 9.18. The van der Waals surface area contributed by atoms with Crippen molar-refractivity contribution in [3.05, 3.63) is 59.3 Å². The van der Waals surface area contributed by atoms with Gasteiger partial charge in [0.25, 0.3) is 0 Å². The molecule has 1 aromatic heterocycles. The van der Waals surface area contributed by atoms with E-state index in [1.54, 1.807) is 46.6 Å². The Balaban J connectivity index is 1.84. The molecule has 3 rings (SSSR count). The number of amides is 2. The van der Waals surface area contributed by atoms with Crippen LogP contribution in [0, 0.1) is 5.41 Å². The van der Waals surface area contributed by atoms with Gasteiger partial charge in [-0.1, -0.05) is 12.1 Å². The van der Waals surface area contributed by atoms with E-state index in [4.69, 9.17) is 4.74 Å². The molecule has 2 amide bonds. The highest BCUT2D eigenvalue weighted by molar-refractivity contribution is 7.10. The lowest BCUT2D eigenvalue weighted by atomic mass is 9.93. The van der Waals surface area contributed by atoms with Crippen LogP contribution in [0.3, 0.4) is 0 Å². The fraction of sp³-hybridized carbons (Fsp3) is 0.238. The van der Waals surface area contributed by atoms with Gasteiger partial charge in [0.2, 0.25) is 11.8 Å². The maximum atomic E-state index is 12.9. The summed E-state index contributed by atoms with van der Waals surface area (Å²) in [7, 11) is 0. The second kappa shape index (κ2) is 7.80. The highest BCUT2D eigenvalue weighted by Crippen LogP contribution is 2.38. The molecule has 2 aromatic rings. The van der Waals surface area contributed by atoms with Gasteiger partial charge in [0, 0.05) is 23.2 Å². The van der Waals surface area contributed by atoms with Crippen molar-refractivity contribution in [2.75, 3.05) is 23.4 Å². The van der Waals surface area contributed by atoms with E-state index in [2.05, 4.69) is 11.9 Å². The van der Waals surface area contributed by atoms with Crippen molar-refractivity contribution in [1.82, 2.24) is 0 Å². The highest BCUT2D eigenvalue weighted by Gasteiger charge is 2.37. The molecule has 1 aromatic carbocycles. The number of benzene rings is 1. The minimum Gasteiger partial charge on any atom is -0.490 e. The van der Waals surface area contributed by atoms with Gasteiger partial charge in [-0.3, -0.25) is 9.59 Å². The molecule has 1 N–H and O–H groups in total. The number of anilines is 2. The first-order valence-corrected chi connectivity index (χ1v) is 9.51. The first-order chi connectivity index (χ1) is 12.9. The van der Waals surface area contributed by atoms with Crippen LogP contribution in [0.4, 0.5) is 11.4 Å². The number of nitrogens with one attached hydrogen (secondary N) is 1. The SMILES string of the molecule is C=CCN1C(=O)C(C)(C)COc2ccc(NC(=O)/C=C/c3cccs3)cc21. The van der Waals surface area contributed by atoms with Crippen molar-refractivity contribution >= 4 is 40.6 Å². The second-order valence-corrected chi connectivity index (χ2v) is 7.88. The molecule has 0 atom stereocenters. The number of thiophene rings is 1. The van der Waals surface area contributed by atoms with Gasteiger partial charge in [0.15, 0.2) is 0 Å². The van der Waals surface area contributed by atoms with Crippen LogP contribution in [0.1, 0.15) is 18.7 Å². The molecular weight excluding hydrogens is 360 g/mol. The zero-order valence-electron chi connectivity index (χ0n) is 15.4. The summed E-state index contributed by atoms with van der Waals surface area (Å²) in [5.74, 6) is 0.338. The smallest absolute Gasteiger partial charge is 0.248 e. The number of carbonyl (C=O) groups is 2. The summed E-state index contributed by atoms with van der Waals surface area (Å²) in [6.45, 7) is 8.12. The molecule has 5 nitrogen and oxygen atoms in total. The van der Waals surface area contributed by atoms with E-state index in [-0.39, 0.29) is 11.8 Å². The van der Waals surface area contributed by atoms with E-state index in [9.17, 15) is 9.59 Å². The van der Waals surface area contributed by atoms with Crippen LogP contribution in [0.5, 0.6) is 5.75 Å². The average Bonchev–Trinajstić information content (AvgIpc) is 3.13. The predicted molar refractivity (Wildman–Crippen MR) is 110 cm³/mol. The molecule has 6 heteroatoms. The lowest BCUT2D eigenvalue weighted by Crippen LogP contribution is -2.42. The Labute approximate surface area is 163 Å². The van der Waals surface area contributed by atoms with Crippen LogP contribution in [0.15, 0.2) is 54.4 Å². The zero-order chi connectivity index (χ0) is 19.4. The molecule has 0 spiro atoms. The van der Waals surface area contributed by atoms with Gasteiger partial charge >= 0.3 is 0 Å². The standard InChI is InChI=1S/C21H22N2O3S/c1-4-11-23-17-13-15(22-19(24)10-8-16-6-5-12-27-16)7-9-18(17)26-14-21(2,3)20(23)25/h4-10,12-13H,1,11,14H2,2-3H3,(H,22,24)/b10-8+. The Morgan fingerprint density at radius 1 is 1.41 bits per heavy atom. The first kappa shape index (κ1) is 18.9. The fourth-order valence-electron chi connectivity index (χ4n) is 2.76. The quantitative estimate of drug-likeness (QED) is 0.618. The third kappa shape index (κ3) is 4.28. The van der Waals surface area contributed by atoms with E-state index in [0.717, 1.165) is 4.88 Å². The molecule has 2 heterocycles. The van der Waals surface area contributed by atoms with Gasteiger partial charge in [-0.05, 0) is 49.6 Å². The molecule has 1 aliphatic rings. The van der Waals surface area contributed by atoms with Crippen molar-refractivity contribution in [3.63, 3.8) is 0 Å². The number of fused-ring (bicyclic) bond motifs is 1. The van der Waals surface area contributed by atoms with E-state index >= 15 is 0 Å². The number of rotatable bonds is 5. The van der Waals surface area contributed by atoms with Gasteiger partial charge in [-0.15, -0.1) is 17.9 Å². The number of ether oxygens (including phenoxy) is 1. The number of hydrogen-bond acceptors (Lipinski definition) is 4. The Hall–Kier alpha value is -2.86. The van der Waals surface area contributed by atoms with Crippen molar-refractivity contribution < 1.29 is 14.3 Å². The van der Waals surface area contributed by atoms with Crippen LogP contribution in [0.25, 0.3) is 6.08 Å². The fourth-order valence-corrected chi connectivity index (χ4v) is 3.38. The van der Waals surface area contributed by atoms with E-state index < -0.39 is 5.41 Å². The Kier molecular flexibility index (Phi) is 5.46. The van der Waals surface area contributed by atoms with Crippen LogP contribution in [-0.4, -0.2) is 25.0 Å². The molecule has 0 saturated carbocycles. The van der Waals surface area contributed by atoms with E-state index in [1.807, 2.05) is 31.4 Å². The zero-order valence-corrected chi connectivity index (χ0v) is 16.2. The molecule has 0 fully saturated rings. The molecular formula is C21H22N2O3S. The van der Waals surface area contributed by atoms with Gasteiger partial charge in [0.1, 0.15) is 12.4 Å². The average molecular weight is 382 g/mol. The van der Waals surface area contributed by atoms with Crippen LogP contribution in [0.2, 0.25) is 0 Å². The predicted octanol–water partition coefficient (Wildman–Crippen LogP) is 4.34. The van der Waals surface area contributed by atoms with Gasteiger partial charge in [-0.25, -0.2) is 0 Å². The second-order valence-electron chi connectivity index (χ2n) is 6.90. The third-order valence-corrected chi connectivity index (χ3v) is 5.02. The van der Waals surface area contributed by atoms with Gasteiger partial charge < -0.3 is 15.0 Å². The largest absolute Gasteiger partial charge is 0.490 e. The summed E-state index contributed by atoms with van der Waals surface area (Å²) in [6.07, 6.45) is 4.94. The lowest BCUT2D eigenvalue weighted by Gasteiger charge is -2.27. The van der Waals surface area contributed by atoms with Crippen molar-refractivity contribution in [3.8, 4) is 5.75 Å². The van der Waals surface area contributed by atoms with Crippen molar-refractivity contribution in [2.45, 2.75) is 13.8 Å². The van der Waals surface area contributed by atoms with E-state index in [1.165, 1.54) is 6.08 Å². The van der Waals surface area contributed by atoms with Crippen LogP contribution in [-0.2, 0) is 9.59 Å². The normalized spacial score (nSPS) is 15.8. The maximum absolute atomic E-state index is 12.9. The van der Waals surface area contributed by atoms with Crippen molar-refractivity contribution in [2.24, 2.45) is 5.41 Å².